The van der Waals surface area contributed by atoms with Gasteiger partial charge in [-0.15, -0.1) is 0 Å². The summed E-state index contributed by atoms with van der Waals surface area (Å²) in [5.74, 6) is 0.552. The van der Waals surface area contributed by atoms with Crippen LogP contribution in [0.1, 0.15) is 18.9 Å². The van der Waals surface area contributed by atoms with E-state index in [2.05, 4.69) is 46.0 Å². The lowest BCUT2D eigenvalue weighted by Gasteiger charge is -2.33. The van der Waals surface area contributed by atoms with Crippen molar-refractivity contribution in [2.75, 3.05) is 18.0 Å². The maximum Gasteiger partial charge on any atom is 0.139 e. The van der Waals surface area contributed by atoms with E-state index in [-0.39, 0.29) is 5.92 Å². The van der Waals surface area contributed by atoms with Crippen molar-refractivity contribution in [1.29, 1.82) is 0 Å². The number of ketones is 1. The average molecular weight is 282 g/mol. The predicted octanol–water partition coefficient (Wildman–Crippen LogP) is 3.17. The second kappa shape index (κ2) is 4.58. The number of aryl methyl sites for hydroxylation is 1. The van der Waals surface area contributed by atoms with Gasteiger partial charge in [0, 0.05) is 35.6 Å². The molecule has 86 valence electrons. The van der Waals surface area contributed by atoms with Crippen LogP contribution in [0.3, 0.4) is 0 Å². The molecule has 0 saturated carbocycles. The van der Waals surface area contributed by atoms with Crippen LogP contribution in [0.2, 0.25) is 0 Å². The molecule has 16 heavy (non-hydrogen) atoms. The number of piperidine rings is 1. The van der Waals surface area contributed by atoms with Gasteiger partial charge in [-0.05, 0) is 24.6 Å². The number of hydrogen-bond acceptors (Lipinski definition) is 2. The zero-order chi connectivity index (χ0) is 11.7. The molecular weight excluding hydrogens is 266 g/mol. The lowest BCUT2D eigenvalue weighted by molar-refractivity contribution is -0.122. The zero-order valence-corrected chi connectivity index (χ0v) is 11.3. The SMILES string of the molecule is Cc1ccc(Br)cc1N1CCC(=O)C(C)C1. The number of rotatable bonds is 1. The first kappa shape index (κ1) is 11.6. The van der Waals surface area contributed by atoms with Crippen molar-refractivity contribution in [2.45, 2.75) is 20.3 Å². The molecule has 1 atom stereocenters. The first-order valence-corrected chi connectivity index (χ1v) is 6.41. The number of hydrogen-bond donors (Lipinski definition) is 0. The smallest absolute Gasteiger partial charge is 0.139 e. The summed E-state index contributed by atoms with van der Waals surface area (Å²) in [5.41, 5.74) is 2.51. The molecule has 0 N–H and O–H groups in total. The van der Waals surface area contributed by atoms with Crippen molar-refractivity contribution in [1.82, 2.24) is 0 Å². The van der Waals surface area contributed by atoms with Gasteiger partial charge in [-0.25, -0.2) is 0 Å². The third kappa shape index (κ3) is 2.29. The molecule has 0 amide bonds. The first-order chi connectivity index (χ1) is 7.58. The van der Waals surface area contributed by atoms with Crippen LogP contribution < -0.4 is 4.90 Å². The number of carbonyl (C=O) groups excluding carboxylic acids is 1. The van der Waals surface area contributed by atoms with Crippen LogP contribution in [0.25, 0.3) is 0 Å². The van der Waals surface area contributed by atoms with Crippen LogP contribution in [0.5, 0.6) is 0 Å². The minimum atomic E-state index is 0.159. The van der Waals surface area contributed by atoms with Crippen LogP contribution in [-0.2, 0) is 4.79 Å². The molecule has 0 radical (unpaired) electrons. The normalized spacial score (nSPS) is 21.3. The molecule has 1 aromatic carbocycles. The van der Waals surface area contributed by atoms with Crippen molar-refractivity contribution in [3.05, 3.63) is 28.2 Å². The summed E-state index contributed by atoms with van der Waals surface area (Å²) in [6, 6.07) is 6.30. The highest BCUT2D eigenvalue weighted by Gasteiger charge is 2.24. The number of Topliss-reactive ketones (excluding diaryl/α,β-unsaturated/α-hetero) is 1. The Morgan fingerprint density at radius 2 is 2.19 bits per heavy atom. The van der Waals surface area contributed by atoms with E-state index in [0.29, 0.717) is 12.2 Å². The van der Waals surface area contributed by atoms with Crippen molar-refractivity contribution in [3.8, 4) is 0 Å². The summed E-state index contributed by atoms with van der Waals surface area (Å²) >= 11 is 3.50. The van der Waals surface area contributed by atoms with Crippen LogP contribution >= 0.6 is 15.9 Å². The van der Waals surface area contributed by atoms with E-state index in [1.54, 1.807) is 0 Å². The average Bonchev–Trinajstić information content (AvgIpc) is 2.26. The highest BCUT2D eigenvalue weighted by atomic mass is 79.9. The summed E-state index contributed by atoms with van der Waals surface area (Å²) in [4.78, 5) is 13.8. The van der Waals surface area contributed by atoms with Gasteiger partial charge in [0.2, 0.25) is 0 Å². The predicted molar refractivity (Wildman–Crippen MR) is 69.9 cm³/mol. The number of anilines is 1. The maximum absolute atomic E-state index is 11.5. The van der Waals surface area contributed by atoms with Gasteiger partial charge in [-0.2, -0.15) is 0 Å². The largest absolute Gasteiger partial charge is 0.370 e. The van der Waals surface area contributed by atoms with Gasteiger partial charge in [-0.1, -0.05) is 28.9 Å². The molecule has 0 aromatic heterocycles. The lowest BCUT2D eigenvalue weighted by Crippen LogP contribution is -2.39. The van der Waals surface area contributed by atoms with Crippen molar-refractivity contribution >= 4 is 27.4 Å². The molecule has 1 aliphatic heterocycles. The Bertz CT molecular complexity index is 416. The van der Waals surface area contributed by atoms with E-state index in [1.807, 2.05) is 6.92 Å². The highest BCUT2D eigenvalue weighted by molar-refractivity contribution is 9.10. The number of benzene rings is 1. The zero-order valence-electron chi connectivity index (χ0n) is 9.66. The summed E-state index contributed by atoms with van der Waals surface area (Å²) in [5, 5.41) is 0. The van der Waals surface area contributed by atoms with Crippen LogP contribution in [0.15, 0.2) is 22.7 Å². The van der Waals surface area contributed by atoms with E-state index in [9.17, 15) is 4.79 Å². The maximum atomic E-state index is 11.5. The van der Waals surface area contributed by atoms with Crippen LogP contribution in [0.4, 0.5) is 5.69 Å². The van der Waals surface area contributed by atoms with E-state index >= 15 is 0 Å². The molecule has 3 heteroatoms. The Morgan fingerprint density at radius 1 is 1.44 bits per heavy atom. The third-order valence-corrected chi connectivity index (χ3v) is 3.68. The minimum Gasteiger partial charge on any atom is -0.370 e. The first-order valence-electron chi connectivity index (χ1n) is 5.62. The van der Waals surface area contributed by atoms with Gasteiger partial charge < -0.3 is 4.90 Å². The molecule has 1 saturated heterocycles. The van der Waals surface area contributed by atoms with Crippen molar-refractivity contribution in [3.63, 3.8) is 0 Å². The minimum absolute atomic E-state index is 0.159. The monoisotopic (exact) mass is 281 g/mol. The van der Waals surface area contributed by atoms with E-state index in [4.69, 9.17) is 0 Å². The highest BCUT2D eigenvalue weighted by Crippen LogP contribution is 2.27. The summed E-state index contributed by atoms with van der Waals surface area (Å²) in [7, 11) is 0. The van der Waals surface area contributed by atoms with Crippen LogP contribution in [-0.4, -0.2) is 18.9 Å². The fraction of sp³-hybridized carbons (Fsp3) is 0.462. The molecule has 2 rings (SSSR count). The Morgan fingerprint density at radius 3 is 2.88 bits per heavy atom. The number of halogens is 1. The molecule has 0 bridgehead atoms. The molecule has 0 spiro atoms. The molecule has 1 aromatic rings. The van der Waals surface area contributed by atoms with Gasteiger partial charge in [0.15, 0.2) is 0 Å². The molecule has 1 fully saturated rings. The van der Waals surface area contributed by atoms with E-state index in [0.717, 1.165) is 17.6 Å². The topological polar surface area (TPSA) is 20.3 Å². The molecule has 1 heterocycles. The second-order valence-corrected chi connectivity index (χ2v) is 5.41. The Balaban J connectivity index is 2.24. The molecule has 2 nitrogen and oxygen atoms in total. The quantitative estimate of drug-likeness (QED) is 0.788. The van der Waals surface area contributed by atoms with E-state index < -0.39 is 0 Å². The number of carbonyl (C=O) groups is 1. The lowest BCUT2D eigenvalue weighted by atomic mass is 9.97. The van der Waals surface area contributed by atoms with Gasteiger partial charge >= 0.3 is 0 Å². The number of nitrogens with zero attached hydrogens (tertiary/aromatic N) is 1. The fourth-order valence-electron chi connectivity index (χ4n) is 2.16. The van der Waals surface area contributed by atoms with Gasteiger partial charge in [-0.3, -0.25) is 4.79 Å². The Hall–Kier alpha value is -0.830. The van der Waals surface area contributed by atoms with Crippen LogP contribution in [0, 0.1) is 12.8 Å². The molecule has 0 aliphatic carbocycles. The standard InChI is InChI=1S/C13H16BrNO/c1-9-3-4-11(14)7-12(9)15-6-5-13(16)10(2)8-15/h3-4,7,10H,5-6,8H2,1-2H3. The van der Waals surface area contributed by atoms with Crippen molar-refractivity contribution in [2.24, 2.45) is 5.92 Å². The summed E-state index contributed by atoms with van der Waals surface area (Å²) in [6.07, 6.45) is 0.674. The second-order valence-electron chi connectivity index (χ2n) is 4.49. The summed E-state index contributed by atoms with van der Waals surface area (Å²) in [6.45, 7) is 5.82. The Labute approximate surface area is 105 Å². The molecule has 1 aliphatic rings. The van der Waals surface area contributed by atoms with Gasteiger partial charge in [0.1, 0.15) is 5.78 Å². The third-order valence-electron chi connectivity index (χ3n) is 3.18. The molecular formula is C13H16BrNO. The van der Waals surface area contributed by atoms with E-state index in [1.165, 1.54) is 11.3 Å². The molecule has 1 unspecified atom stereocenters. The summed E-state index contributed by atoms with van der Waals surface area (Å²) < 4.78 is 1.10. The van der Waals surface area contributed by atoms with Gasteiger partial charge in [0.05, 0.1) is 0 Å². The van der Waals surface area contributed by atoms with Crippen molar-refractivity contribution < 1.29 is 4.79 Å². The fourth-order valence-corrected chi connectivity index (χ4v) is 2.51. The Kier molecular flexibility index (Phi) is 3.33. The van der Waals surface area contributed by atoms with Gasteiger partial charge in [0.25, 0.3) is 0 Å².